The molecule has 1 atom stereocenters. The van der Waals surface area contributed by atoms with Crippen molar-refractivity contribution in [3.8, 4) is 0 Å². The second-order valence-electron chi connectivity index (χ2n) is 8.46. The molecule has 39 heavy (non-hydrogen) atoms. The molecule has 0 saturated heterocycles. The molecule has 208 valence electrons. The van der Waals surface area contributed by atoms with Gasteiger partial charge in [-0.3, -0.25) is 9.59 Å². The van der Waals surface area contributed by atoms with E-state index in [1.165, 1.54) is 0 Å². The molecular weight excluding hydrogens is 542 g/mol. The van der Waals surface area contributed by atoms with Gasteiger partial charge in [0.25, 0.3) is 5.91 Å². The summed E-state index contributed by atoms with van der Waals surface area (Å²) in [5.74, 6) is -1.32. The highest BCUT2D eigenvalue weighted by Gasteiger charge is 2.29. The van der Waals surface area contributed by atoms with Gasteiger partial charge in [-0.2, -0.15) is 0 Å². The summed E-state index contributed by atoms with van der Waals surface area (Å²) in [6.45, 7) is 9.04. The zero-order chi connectivity index (χ0) is 28.7. The number of nitrogens with one attached hydrogen (secondary N) is 2. The highest BCUT2D eigenvalue weighted by molar-refractivity contribution is 8.00. The number of ether oxygens (including phenoxy) is 2. The Kier molecular flexibility index (Phi) is 10.2. The van der Waals surface area contributed by atoms with Gasteiger partial charge in [-0.05, 0) is 52.3 Å². The third kappa shape index (κ3) is 7.24. The van der Waals surface area contributed by atoms with Crippen molar-refractivity contribution in [1.29, 1.82) is 0 Å². The minimum absolute atomic E-state index is 0.126. The van der Waals surface area contributed by atoms with E-state index in [2.05, 4.69) is 20.8 Å². The SMILES string of the molecule is CCOC(=O)c1sc(NC(=O)C(C)Sc2nnc(CNC(=O)c3cccc(C)c3)n2C)c(C(=O)OCC)c1C. The molecular formula is C26H31N5O6S2. The molecule has 1 unspecified atom stereocenters. The quantitative estimate of drug-likeness (QED) is 0.258. The summed E-state index contributed by atoms with van der Waals surface area (Å²) >= 11 is 2.13. The maximum Gasteiger partial charge on any atom is 0.348 e. The average molecular weight is 574 g/mol. The van der Waals surface area contributed by atoms with Crippen LogP contribution in [-0.4, -0.2) is 57.0 Å². The number of thiophene rings is 1. The van der Waals surface area contributed by atoms with Crippen molar-refractivity contribution in [2.45, 2.75) is 51.6 Å². The van der Waals surface area contributed by atoms with Gasteiger partial charge in [-0.25, -0.2) is 9.59 Å². The molecule has 0 saturated carbocycles. The van der Waals surface area contributed by atoms with Crippen LogP contribution in [0, 0.1) is 13.8 Å². The normalized spacial score (nSPS) is 11.5. The number of amides is 2. The Morgan fingerprint density at radius 1 is 1.08 bits per heavy atom. The third-order valence-electron chi connectivity index (χ3n) is 5.59. The minimum atomic E-state index is -0.636. The maximum atomic E-state index is 13.1. The van der Waals surface area contributed by atoms with Gasteiger partial charge in [0, 0.05) is 12.6 Å². The number of hydrogen-bond donors (Lipinski definition) is 2. The van der Waals surface area contributed by atoms with Gasteiger partial charge >= 0.3 is 11.9 Å². The molecule has 0 aliphatic heterocycles. The predicted molar refractivity (Wildman–Crippen MR) is 148 cm³/mol. The van der Waals surface area contributed by atoms with Gasteiger partial charge < -0.3 is 24.7 Å². The summed E-state index contributed by atoms with van der Waals surface area (Å²) in [6.07, 6.45) is 0. The van der Waals surface area contributed by atoms with Crippen LogP contribution in [0.5, 0.6) is 0 Å². The summed E-state index contributed by atoms with van der Waals surface area (Å²) in [6, 6.07) is 7.26. The number of nitrogens with zero attached hydrogens (tertiary/aromatic N) is 3. The van der Waals surface area contributed by atoms with Crippen molar-refractivity contribution in [2.75, 3.05) is 18.5 Å². The lowest BCUT2D eigenvalue weighted by molar-refractivity contribution is -0.115. The van der Waals surface area contributed by atoms with E-state index < -0.39 is 23.1 Å². The number of esters is 2. The van der Waals surface area contributed by atoms with Crippen LogP contribution in [0.3, 0.4) is 0 Å². The van der Waals surface area contributed by atoms with Crippen LogP contribution in [0.25, 0.3) is 0 Å². The Labute approximate surface area is 234 Å². The second kappa shape index (κ2) is 13.4. The number of thioether (sulfide) groups is 1. The van der Waals surface area contributed by atoms with E-state index in [0.717, 1.165) is 28.7 Å². The first-order valence-electron chi connectivity index (χ1n) is 12.3. The summed E-state index contributed by atoms with van der Waals surface area (Å²) in [5.41, 5.74) is 2.05. The molecule has 0 fully saturated rings. The number of benzene rings is 1. The number of anilines is 1. The van der Waals surface area contributed by atoms with Crippen LogP contribution in [0.4, 0.5) is 5.00 Å². The predicted octanol–water partition coefficient (Wildman–Crippen LogP) is 3.90. The smallest absolute Gasteiger partial charge is 0.348 e. The van der Waals surface area contributed by atoms with Crippen molar-refractivity contribution in [1.82, 2.24) is 20.1 Å². The van der Waals surface area contributed by atoms with E-state index in [1.807, 2.05) is 19.1 Å². The highest BCUT2D eigenvalue weighted by atomic mass is 32.2. The number of aryl methyl sites for hydroxylation is 1. The fraction of sp³-hybridized carbons (Fsp3) is 0.385. The highest BCUT2D eigenvalue weighted by Crippen LogP contribution is 2.35. The van der Waals surface area contributed by atoms with Gasteiger partial charge in [0.15, 0.2) is 11.0 Å². The fourth-order valence-corrected chi connectivity index (χ4v) is 5.44. The van der Waals surface area contributed by atoms with Crippen LogP contribution in [-0.2, 0) is 27.9 Å². The summed E-state index contributed by atoms with van der Waals surface area (Å²) in [5, 5.41) is 13.9. The number of carbonyl (C=O) groups is 4. The van der Waals surface area contributed by atoms with Crippen molar-refractivity contribution in [2.24, 2.45) is 7.05 Å². The molecule has 3 rings (SSSR count). The van der Waals surface area contributed by atoms with Crippen LogP contribution in [0.15, 0.2) is 29.4 Å². The van der Waals surface area contributed by atoms with Crippen molar-refractivity contribution >= 4 is 51.9 Å². The molecule has 2 N–H and O–H groups in total. The summed E-state index contributed by atoms with van der Waals surface area (Å²) in [7, 11) is 1.74. The standard InChI is InChI=1S/C26H31N5O6S2/c1-7-36-24(34)19-15(4)20(25(35)37-8-2)39-23(19)28-21(32)16(5)38-26-30-29-18(31(26)6)13-27-22(33)17-11-9-10-14(3)12-17/h9-12,16H,7-8,13H2,1-6H3,(H,27,33)(H,28,32). The van der Waals surface area contributed by atoms with Crippen LogP contribution in [0.2, 0.25) is 0 Å². The van der Waals surface area contributed by atoms with Gasteiger partial charge in [0.1, 0.15) is 9.88 Å². The van der Waals surface area contributed by atoms with E-state index >= 15 is 0 Å². The first-order chi connectivity index (χ1) is 18.6. The topological polar surface area (TPSA) is 142 Å². The molecule has 0 bridgehead atoms. The lowest BCUT2D eigenvalue weighted by Gasteiger charge is -2.12. The Hall–Kier alpha value is -3.71. The monoisotopic (exact) mass is 573 g/mol. The van der Waals surface area contributed by atoms with Crippen molar-refractivity contribution in [3.63, 3.8) is 0 Å². The van der Waals surface area contributed by atoms with Gasteiger partial charge in [0.05, 0.1) is 30.6 Å². The lowest BCUT2D eigenvalue weighted by atomic mass is 10.1. The molecule has 13 heteroatoms. The van der Waals surface area contributed by atoms with Gasteiger partial charge in [0.2, 0.25) is 5.91 Å². The number of hydrogen-bond acceptors (Lipinski definition) is 10. The van der Waals surface area contributed by atoms with E-state index in [9.17, 15) is 19.2 Å². The molecule has 11 nitrogen and oxygen atoms in total. The average Bonchev–Trinajstić information content (AvgIpc) is 3.41. The van der Waals surface area contributed by atoms with Gasteiger partial charge in [-0.1, -0.05) is 29.5 Å². The molecule has 0 spiro atoms. The molecule has 3 aromatic rings. The van der Waals surface area contributed by atoms with Crippen LogP contribution in [0.1, 0.15) is 68.1 Å². The lowest BCUT2D eigenvalue weighted by Crippen LogP contribution is -2.25. The largest absolute Gasteiger partial charge is 0.462 e. The zero-order valence-electron chi connectivity index (χ0n) is 22.6. The Balaban J connectivity index is 1.69. The van der Waals surface area contributed by atoms with E-state index in [-0.39, 0.29) is 41.1 Å². The summed E-state index contributed by atoms with van der Waals surface area (Å²) in [4.78, 5) is 50.7. The summed E-state index contributed by atoms with van der Waals surface area (Å²) < 4.78 is 11.9. The molecule has 0 radical (unpaired) electrons. The second-order valence-corrected chi connectivity index (χ2v) is 10.8. The number of rotatable bonds is 11. The Morgan fingerprint density at radius 3 is 2.44 bits per heavy atom. The third-order valence-corrected chi connectivity index (χ3v) is 7.91. The molecule has 2 amide bonds. The molecule has 2 aromatic heterocycles. The first kappa shape index (κ1) is 29.8. The van der Waals surface area contributed by atoms with Crippen molar-refractivity contribution in [3.05, 3.63) is 57.2 Å². The van der Waals surface area contributed by atoms with Crippen LogP contribution >= 0.6 is 23.1 Å². The minimum Gasteiger partial charge on any atom is -0.462 e. The Morgan fingerprint density at radius 2 is 1.77 bits per heavy atom. The molecule has 1 aromatic carbocycles. The zero-order valence-corrected chi connectivity index (χ0v) is 24.2. The van der Waals surface area contributed by atoms with Crippen LogP contribution < -0.4 is 10.6 Å². The van der Waals surface area contributed by atoms with Crippen molar-refractivity contribution < 1.29 is 28.7 Å². The van der Waals surface area contributed by atoms with Gasteiger partial charge in [-0.15, -0.1) is 21.5 Å². The van der Waals surface area contributed by atoms with E-state index in [0.29, 0.717) is 22.1 Å². The number of aromatic nitrogens is 3. The fourth-order valence-electron chi connectivity index (χ4n) is 3.52. The Bertz CT molecular complexity index is 1380. The molecule has 0 aliphatic carbocycles. The number of carbonyl (C=O) groups excluding carboxylic acids is 4. The molecule has 2 heterocycles. The first-order valence-corrected chi connectivity index (χ1v) is 13.9. The van der Waals surface area contributed by atoms with E-state index in [4.69, 9.17) is 9.47 Å². The van der Waals surface area contributed by atoms with E-state index in [1.54, 1.807) is 51.4 Å². The molecule has 0 aliphatic rings. The maximum absolute atomic E-state index is 13.1.